The number of allylic oxidation sites excluding steroid dienone is 5. The lowest BCUT2D eigenvalue weighted by molar-refractivity contribution is 1.31. The van der Waals surface area contributed by atoms with Gasteiger partial charge in [-0.2, -0.15) is 0 Å². The molecule has 0 bridgehead atoms. The van der Waals surface area contributed by atoms with E-state index in [-0.39, 0.29) is 0 Å². The van der Waals surface area contributed by atoms with Gasteiger partial charge in [-0.05, 0) is 26.3 Å². The maximum absolute atomic E-state index is 4.25. The van der Waals surface area contributed by atoms with Crippen LogP contribution in [-0.4, -0.2) is 6.21 Å². The summed E-state index contributed by atoms with van der Waals surface area (Å²) in [4.78, 5) is 4.25. The zero-order chi connectivity index (χ0) is 10.1. The summed E-state index contributed by atoms with van der Waals surface area (Å²) in [5.41, 5.74) is 2.10. The van der Waals surface area contributed by atoms with Gasteiger partial charge >= 0.3 is 0 Å². The van der Waals surface area contributed by atoms with Gasteiger partial charge in [0.05, 0.1) is 5.70 Å². The Balaban J connectivity index is 4.76. The molecule has 0 aromatic heterocycles. The van der Waals surface area contributed by atoms with Crippen molar-refractivity contribution < 1.29 is 0 Å². The average Bonchev–Trinajstić information content (AvgIpc) is 2.17. The van der Waals surface area contributed by atoms with Gasteiger partial charge in [0.15, 0.2) is 0 Å². The van der Waals surface area contributed by atoms with E-state index in [0.717, 1.165) is 11.3 Å². The van der Waals surface area contributed by atoms with Crippen LogP contribution in [0.2, 0.25) is 0 Å². The van der Waals surface area contributed by atoms with E-state index < -0.39 is 0 Å². The minimum atomic E-state index is 0.989. The smallest absolute Gasteiger partial charge is 0.0651 e. The third-order valence-electron chi connectivity index (χ3n) is 1.56. The van der Waals surface area contributed by atoms with Crippen LogP contribution in [0.15, 0.2) is 53.2 Å². The summed E-state index contributed by atoms with van der Waals surface area (Å²) in [5.74, 6) is 0. The Bertz CT molecular complexity index is 265. The van der Waals surface area contributed by atoms with Gasteiger partial charge < -0.3 is 0 Å². The Hall–Kier alpha value is -1.37. The highest BCUT2D eigenvalue weighted by atomic mass is 14.7. The van der Waals surface area contributed by atoms with Gasteiger partial charge in [-0.25, -0.2) is 0 Å². The molecule has 0 saturated carbocycles. The molecule has 1 nitrogen and oxygen atoms in total. The van der Waals surface area contributed by atoms with Crippen molar-refractivity contribution in [3.63, 3.8) is 0 Å². The normalized spacial score (nSPS) is 14.4. The molecule has 0 heterocycles. The Kier molecular flexibility index (Phi) is 6.52. The van der Waals surface area contributed by atoms with Crippen LogP contribution < -0.4 is 0 Å². The fraction of sp³-hybridized carbons (Fsp3) is 0.250. The summed E-state index contributed by atoms with van der Waals surface area (Å²) in [5, 5.41) is 0. The van der Waals surface area contributed by atoms with Gasteiger partial charge in [-0.1, -0.05) is 37.0 Å². The third-order valence-corrected chi connectivity index (χ3v) is 1.56. The topological polar surface area (TPSA) is 12.4 Å². The van der Waals surface area contributed by atoms with Crippen LogP contribution in [0.3, 0.4) is 0 Å². The van der Waals surface area contributed by atoms with Gasteiger partial charge in [0.25, 0.3) is 0 Å². The first-order valence-corrected chi connectivity index (χ1v) is 4.40. The Labute approximate surface area is 80.9 Å². The molecule has 0 atom stereocenters. The highest BCUT2D eigenvalue weighted by molar-refractivity contribution is 5.58. The summed E-state index contributed by atoms with van der Waals surface area (Å²) >= 11 is 0. The first-order chi connectivity index (χ1) is 6.29. The summed E-state index contributed by atoms with van der Waals surface area (Å²) in [6, 6.07) is 0. The molecule has 0 aromatic rings. The zero-order valence-corrected chi connectivity index (χ0v) is 8.62. The first kappa shape index (κ1) is 11.6. The van der Waals surface area contributed by atoms with E-state index in [2.05, 4.69) is 11.6 Å². The summed E-state index contributed by atoms with van der Waals surface area (Å²) in [7, 11) is 0. The van der Waals surface area contributed by atoms with Gasteiger partial charge in [0.2, 0.25) is 0 Å². The maximum atomic E-state index is 4.25. The van der Waals surface area contributed by atoms with E-state index in [1.807, 2.05) is 45.1 Å². The van der Waals surface area contributed by atoms with Crippen LogP contribution in [0.5, 0.6) is 0 Å². The standard InChI is InChI=1S/C12H17N/c1-5-9-10-11(6-2)12(7-3)13-8-4/h5-10H,1H2,2-4H3/b10-9-,11-6+,12-7-,13-8?. The fourth-order valence-electron chi connectivity index (χ4n) is 0.956. The lowest BCUT2D eigenvalue weighted by Crippen LogP contribution is -1.82. The monoisotopic (exact) mass is 175 g/mol. The third kappa shape index (κ3) is 4.26. The van der Waals surface area contributed by atoms with Crippen LogP contribution in [0.4, 0.5) is 0 Å². The molecule has 13 heavy (non-hydrogen) atoms. The van der Waals surface area contributed by atoms with Crippen LogP contribution >= 0.6 is 0 Å². The van der Waals surface area contributed by atoms with E-state index in [0.29, 0.717) is 0 Å². The fourth-order valence-corrected chi connectivity index (χ4v) is 0.956. The SMILES string of the molecule is C=C\C=C/C(=C\C)C(=C/C)/N=CC. The van der Waals surface area contributed by atoms with Crippen LogP contribution in [0, 0.1) is 0 Å². The molecule has 0 spiro atoms. The number of aliphatic imine (C=N–C) groups is 1. The highest BCUT2D eigenvalue weighted by Crippen LogP contribution is 2.12. The lowest BCUT2D eigenvalue weighted by atomic mass is 10.1. The minimum Gasteiger partial charge on any atom is -0.261 e. The molecule has 0 radical (unpaired) electrons. The number of hydrogen-bond donors (Lipinski definition) is 0. The van der Waals surface area contributed by atoms with Crippen LogP contribution in [-0.2, 0) is 0 Å². The molecular weight excluding hydrogens is 158 g/mol. The first-order valence-electron chi connectivity index (χ1n) is 4.40. The van der Waals surface area contributed by atoms with Crippen molar-refractivity contribution in [2.75, 3.05) is 0 Å². The second kappa shape index (κ2) is 7.29. The number of hydrogen-bond acceptors (Lipinski definition) is 1. The van der Waals surface area contributed by atoms with Crippen molar-refractivity contribution in [3.8, 4) is 0 Å². The molecule has 1 heteroatoms. The van der Waals surface area contributed by atoms with E-state index >= 15 is 0 Å². The summed E-state index contributed by atoms with van der Waals surface area (Å²) < 4.78 is 0. The molecule has 0 aliphatic heterocycles. The van der Waals surface area contributed by atoms with Crippen molar-refractivity contribution in [2.24, 2.45) is 4.99 Å². The molecule has 0 N–H and O–H groups in total. The Morgan fingerprint density at radius 3 is 2.23 bits per heavy atom. The molecule has 0 aliphatic rings. The highest BCUT2D eigenvalue weighted by Gasteiger charge is 1.94. The average molecular weight is 175 g/mol. The predicted octanol–water partition coefficient (Wildman–Crippen LogP) is 3.67. The molecular formula is C12H17N. The molecule has 0 aromatic carbocycles. The second-order valence-corrected chi connectivity index (χ2v) is 2.40. The summed E-state index contributed by atoms with van der Waals surface area (Å²) in [6.07, 6.45) is 11.5. The van der Waals surface area contributed by atoms with E-state index in [1.165, 1.54) is 0 Å². The molecule has 0 fully saturated rings. The lowest BCUT2D eigenvalue weighted by Gasteiger charge is -2.00. The van der Waals surface area contributed by atoms with Crippen LogP contribution in [0.1, 0.15) is 20.8 Å². The van der Waals surface area contributed by atoms with E-state index in [4.69, 9.17) is 0 Å². The number of nitrogens with zero attached hydrogens (tertiary/aromatic N) is 1. The Morgan fingerprint density at radius 1 is 1.15 bits per heavy atom. The van der Waals surface area contributed by atoms with Crippen molar-refractivity contribution in [1.82, 2.24) is 0 Å². The maximum Gasteiger partial charge on any atom is 0.0651 e. The van der Waals surface area contributed by atoms with Crippen molar-refractivity contribution >= 4 is 6.21 Å². The molecule has 0 aliphatic carbocycles. The van der Waals surface area contributed by atoms with E-state index in [1.54, 1.807) is 12.3 Å². The summed E-state index contributed by atoms with van der Waals surface area (Å²) in [6.45, 7) is 9.51. The largest absolute Gasteiger partial charge is 0.261 e. The molecule has 0 rings (SSSR count). The van der Waals surface area contributed by atoms with Gasteiger partial charge in [-0.15, -0.1) is 0 Å². The number of rotatable bonds is 4. The van der Waals surface area contributed by atoms with Crippen molar-refractivity contribution in [2.45, 2.75) is 20.8 Å². The van der Waals surface area contributed by atoms with Crippen LogP contribution in [0.25, 0.3) is 0 Å². The predicted molar refractivity (Wildman–Crippen MR) is 61.0 cm³/mol. The van der Waals surface area contributed by atoms with Gasteiger partial charge in [0.1, 0.15) is 0 Å². The van der Waals surface area contributed by atoms with E-state index in [9.17, 15) is 0 Å². The molecule has 0 amide bonds. The molecule has 0 saturated heterocycles. The van der Waals surface area contributed by atoms with Gasteiger partial charge in [0, 0.05) is 6.21 Å². The Morgan fingerprint density at radius 2 is 1.85 bits per heavy atom. The van der Waals surface area contributed by atoms with Gasteiger partial charge in [-0.3, -0.25) is 4.99 Å². The van der Waals surface area contributed by atoms with Crippen molar-refractivity contribution in [3.05, 3.63) is 48.2 Å². The second-order valence-electron chi connectivity index (χ2n) is 2.40. The molecule has 70 valence electrons. The molecule has 0 unspecified atom stereocenters. The minimum absolute atomic E-state index is 0.989. The quantitative estimate of drug-likeness (QED) is 0.456. The van der Waals surface area contributed by atoms with Crippen molar-refractivity contribution in [1.29, 1.82) is 0 Å². The zero-order valence-electron chi connectivity index (χ0n) is 8.62.